The number of hydrogen-bond acceptors (Lipinski definition) is 5. The van der Waals surface area contributed by atoms with Crippen LogP contribution in [0.1, 0.15) is 29.9 Å². The number of carbonyl (C=O) groups is 2. The van der Waals surface area contributed by atoms with Gasteiger partial charge in [0.15, 0.2) is 0 Å². The van der Waals surface area contributed by atoms with Gasteiger partial charge in [-0.2, -0.15) is 0 Å². The molecular formula is C15H20N4O4. The van der Waals surface area contributed by atoms with E-state index >= 15 is 0 Å². The highest BCUT2D eigenvalue weighted by molar-refractivity contribution is 5.79. The van der Waals surface area contributed by atoms with Crippen LogP contribution in [-0.4, -0.2) is 52.1 Å². The second kappa shape index (κ2) is 5.68. The number of alkyl carbamates (subject to hydrolysis) is 1. The van der Waals surface area contributed by atoms with Gasteiger partial charge in [-0.25, -0.2) is 9.78 Å². The van der Waals surface area contributed by atoms with E-state index in [1.807, 2.05) is 0 Å². The second-order valence-electron chi connectivity index (χ2n) is 6.24. The second-order valence-corrected chi connectivity index (χ2v) is 6.24. The molecule has 1 unspecified atom stereocenters. The molecule has 2 fully saturated rings. The largest absolute Gasteiger partial charge is 0.439 e. The van der Waals surface area contributed by atoms with Crippen LogP contribution in [0, 0.1) is 13.8 Å². The molecule has 8 nitrogen and oxygen atoms in total. The zero-order chi connectivity index (χ0) is 16.6. The first kappa shape index (κ1) is 15.5. The van der Waals surface area contributed by atoms with Crippen LogP contribution in [0.2, 0.25) is 0 Å². The topological polar surface area (TPSA) is 104 Å². The number of nitrogens with zero attached hydrogens (tertiary/aromatic N) is 2. The van der Waals surface area contributed by atoms with Crippen LogP contribution in [0.4, 0.5) is 4.79 Å². The molecule has 2 aliphatic rings. The molecule has 0 radical (unpaired) electrons. The summed E-state index contributed by atoms with van der Waals surface area (Å²) < 4.78 is 5.36. The number of amides is 2. The predicted octanol–water partition coefficient (Wildman–Crippen LogP) is 0.0302. The van der Waals surface area contributed by atoms with Crippen molar-refractivity contribution >= 4 is 12.0 Å². The Morgan fingerprint density at radius 2 is 2.17 bits per heavy atom. The molecule has 124 valence electrons. The molecule has 0 saturated carbocycles. The Labute approximate surface area is 133 Å². The van der Waals surface area contributed by atoms with Crippen molar-refractivity contribution < 1.29 is 14.3 Å². The molecule has 1 spiro atoms. The number of rotatable bonds is 2. The molecule has 3 rings (SSSR count). The van der Waals surface area contributed by atoms with Crippen LogP contribution >= 0.6 is 0 Å². The third-order valence-electron chi connectivity index (χ3n) is 4.42. The lowest BCUT2D eigenvalue weighted by Crippen LogP contribution is -2.52. The Morgan fingerprint density at radius 1 is 1.39 bits per heavy atom. The summed E-state index contributed by atoms with van der Waals surface area (Å²) in [7, 11) is 0. The molecule has 0 aliphatic carbocycles. The highest BCUT2D eigenvalue weighted by Crippen LogP contribution is 2.28. The summed E-state index contributed by atoms with van der Waals surface area (Å²) in [5.41, 5.74) is 0.0592. The standard InChI is InChI=1S/C15H20N4O4/c1-9-11(13(21)18-10(2)17-9)6-12(20)19-5-3-4-15(8-19)7-16-14(22)23-15/h3-8H2,1-2H3,(H,16,22)(H,17,18,21). The first-order valence-corrected chi connectivity index (χ1v) is 7.70. The van der Waals surface area contributed by atoms with E-state index in [0.29, 0.717) is 36.7 Å². The number of nitrogens with one attached hydrogen (secondary N) is 2. The third kappa shape index (κ3) is 3.06. The van der Waals surface area contributed by atoms with Gasteiger partial charge in [-0.1, -0.05) is 0 Å². The summed E-state index contributed by atoms with van der Waals surface area (Å²) >= 11 is 0. The van der Waals surface area contributed by atoms with E-state index in [0.717, 1.165) is 12.8 Å². The Hall–Kier alpha value is -2.38. The number of carbonyl (C=O) groups excluding carboxylic acids is 2. The first-order valence-electron chi connectivity index (χ1n) is 7.70. The molecule has 2 N–H and O–H groups in total. The molecule has 2 aliphatic heterocycles. The Kier molecular flexibility index (Phi) is 3.83. The Bertz CT molecular complexity index is 714. The van der Waals surface area contributed by atoms with Crippen LogP contribution < -0.4 is 10.9 Å². The van der Waals surface area contributed by atoms with Crippen LogP contribution in [0.15, 0.2) is 4.79 Å². The van der Waals surface area contributed by atoms with E-state index in [1.165, 1.54) is 0 Å². The van der Waals surface area contributed by atoms with Gasteiger partial charge < -0.3 is 19.9 Å². The highest BCUT2D eigenvalue weighted by Gasteiger charge is 2.44. The van der Waals surface area contributed by atoms with E-state index in [1.54, 1.807) is 18.7 Å². The molecule has 8 heteroatoms. The van der Waals surface area contributed by atoms with E-state index < -0.39 is 11.7 Å². The monoisotopic (exact) mass is 320 g/mol. The van der Waals surface area contributed by atoms with Gasteiger partial charge in [0.05, 0.1) is 19.5 Å². The fourth-order valence-electron chi connectivity index (χ4n) is 3.26. The van der Waals surface area contributed by atoms with Crippen molar-refractivity contribution in [2.45, 2.75) is 38.7 Å². The normalized spacial score (nSPS) is 23.7. The molecule has 2 amide bonds. The summed E-state index contributed by atoms with van der Waals surface area (Å²) in [6.07, 6.45) is 1.07. The molecule has 23 heavy (non-hydrogen) atoms. The third-order valence-corrected chi connectivity index (χ3v) is 4.42. The maximum atomic E-state index is 12.6. The number of hydrogen-bond donors (Lipinski definition) is 2. The average molecular weight is 320 g/mol. The van der Waals surface area contributed by atoms with Gasteiger partial charge in [-0.3, -0.25) is 9.59 Å². The summed E-state index contributed by atoms with van der Waals surface area (Å²) in [5, 5.41) is 2.65. The zero-order valence-electron chi connectivity index (χ0n) is 13.3. The van der Waals surface area contributed by atoms with Crippen LogP contribution in [0.3, 0.4) is 0 Å². The van der Waals surface area contributed by atoms with Crippen molar-refractivity contribution in [3.8, 4) is 0 Å². The van der Waals surface area contributed by atoms with Gasteiger partial charge in [0.25, 0.3) is 5.56 Å². The van der Waals surface area contributed by atoms with E-state index in [4.69, 9.17) is 4.74 Å². The van der Waals surface area contributed by atoms with E-state index in [-0.39, 0.29) is 17.9 Å². The van der Waals surface area contributed by atoms with Crippen molar-refractivity contribution in [3.05, 3.63) is 27.4 Å². The summed E-state index contributed by atoms with van der Waals surface area (Å²) in [6.45, 7) is 4.82. The van der Waals surface area contributed by atoms with Crippen molar-refractivity contribution in [2.24, 2.45) is 0 Å². The van der Waals surface area contributed by atoms with Gasteiger partial charge in [0.2, 0.25) is 5.91 Å². The first-order chi connectivity index (χ1) is 10.9. The number of likely N-dealkylation sites (tertiary alicyclic amines) is 1. The lowest BCUT2D eigenvalue weighted by atomic mass is 9.92. The molecule has 3 heterocycles. The van der Waals surface area contributed by atoms with E-state index in [9.17, 15) is 14.4 Å². The minimum Gasteiger partial charge on any atom is -0.439 e. The molecule has 1 aromatic rings. The maximum absolute atomic E-state index is 12.6. The number of H-pyrrole nitrogens is 1. The highest BCUT2D eigenvalue weighted by atomic mass is 16.6. The quantitative estimate of drug-likeness (QED) is 0.800. The number of ether oxygens (including phenoxy) is 1. The molecule has 2 saturated heterocycles. The van der Waals surface area contributed by atoms with Gasteiger partial charge in [-0.15, -0.1) is 0 Å². The zero-order valence-corrected chi connectivity index (χ0v) is 13.3. The van der Waals surface area contributed by atoms with E-state index in [2.05, 4.69) is 15.3 Å². The smallest absolute Gasteiger partial charge is 0.407 e. The predicted molar refractivity (Wildman–Crippen MR) is 81.1 cm³/mol. The van der Waals surface area contributed by atoms with Gasteiger partial charge in [0.1, 0.15) is 11.4 Å². The number of piperidine rings is 1. The van der Waals surface area contributed by atoms with Crippen LogP contribution in [0.25, 0.3) is 0 Å². The maximum Gasteiger partial charge on any atom is 0.407 e. The fourth-order valence-corrected chi connectivity index (χ4v) is 3.26. The van der Waals surface area contributed by atoms with Gasteiger partial charge >= 0.3 is 6.09 Å². The van der Waals surface area contributed by atoms with Gasteiger partial charge in [-0.05, 0) is 26.7 Å². The summed E-state index contributed by atoms with van der Waals surface area (Å²) in [6, 6.07) is 0. The Balaban J connectivity index is 1.74. The molecule has 0 bridgehead atoms. The summed E-state index contributed by atoms with van der Waals surface area (Å²) in [5.74, 6) is 0.385. The van der Waals surface area contributed by atoms with Crippen molar-refractivity contribution in [1.82, 2.24) is 20.2 Å². The van der Waals surface area contributed by atoms with Crippen LogP contribution in [0.5, 0.6) is 0 Å². The fraction of sp³-hybridized carbons (Fsp3) is 0.600. The number of aromatic amines is 1. The van der Waals surface area contributed by atoms with Gasteiger partial charge in [0, 0.05) is 17.8 Å². The molecule has 1 atom stereocenters. The number of aromatic nitrogens is 2. The minimum atomic E-state index is -0.627. The van der Waals surface area contributed by atoms with Crippen LogP contribution in [-0.2, 0) is 16.0 Å². The molecule has 1 aromatic heterocycles. The average Bonchev–Trinajstić information content (AvgIpc) is 2.83. The number of aryl methyl sites for hydroxylation is 2. The SMILES string of the molecule is Cc1nc(C)c(CC(=O)N2CCCC3(CNC(=O)O3)C2)c(=O)[nH]1. The molecule has 0 aromatic carbocycles. The lowest BCUT2D eigenvalue weighted by molar-refractivity contribution is -0.136. The minimum absolute atomic E-state index is 0.00585. The summed E-state index contributed by atoms with van der Waals surface area (Å²) in [4.78, 5) is 44.4. The van der Waals surface area contributed by atoms with Crippen molar-refractivity contribution in [3.63, 3.8) is 0 Å². The van der Waals surface area contributed by atoms with Crippen molar-refractivity contribution in [1.29, 1.82) is 0 Å². The lowest BCUT2D eigenvalue weighted by Gasteiger charge is -2.38. The molecular weight excluding hydrogens is 300 g/mol. The Morgan fingerprint density at radius 3 is 2.83 bits per heavy atom. The van der Waals surface area contributed by atoms with Crippen molar-refractivity contribution in [2.75, 3.05) is 19.6 Å².